The van der Waals surface area contributed by atoms with E-state index >= 15 is 0 Å². The first kappa shape index (κ1) is 28.1. The maximum atomic E-state index is 13.9. The van der Waals surface area contributed by atoms with Gasteiger partial charge in [0.2, 0.25) is 0 Å². The Balaban J connectivity index is 1.13. The van der Waals surface area contributed by atoms with Gasteiger partial charge < -0.3 is 9.80 Å². The number of carbonyl (C=O) groups is 2. The molecule has 9 heteroatoms. The summed E-state index contributed by atoms with van der Waals surface area (Å²) in [6, 6.07) is 25.9. The molecule has 2 aliphatic heterocycles. The molecule has 0 atom stereocenters. The van der Waals surface area contributed by atoms with E-state index in [0.717, 1.165) is 61.1 Å². The highest BCUT2D eigenvalue weighted by atomic mass is 32.2. The molecule has 0 bridgehead atoms. The molecule has 4 aromatic rings. The lowest BCUT2D eigenvalue weighted by Crippen LogP contribution is -2.54. The van der Waals surface area contributed by atoms with Crippen LogP contribution in [-0.2, 0) is 9.84 Å². The molecule has 3 heterocycles. The molecule has 2 amide bonds. The Hall–Kier alpha value is -4.08. The van der Waals surface area contributed by atoms with Crippen LogP contribution in [0.25, 0.3) is 22.2 Å². The lowest BCUT2D eigenvalue weighted by Gasteiger charge is -2.42. The number of carbonyl (C=O) groups excluding carboxylic acids is 2. The van der Waals surface area contributed by atoms with Crippen LogP contribution in [-0.4, -0.2) is 91.5 Å². The molecule has 0 spiro atoms. The van der Waals surface area contributed by atoms with Gasteiger partial charge in [-0.3, -0.25) is 14.5 Å². The first-order valence-corrected chi connectivity index (χ1v) is 16.2. The highest BCUT2D eigenvalue weighted by Gasteiger charge is 2.31. The number of benzene rings is 3. The maximum Gasteiger partial charge on any atom is 0.254 e. The molecule has 0 N–H and O–H groups in total. The predicted octanol–water partition coefficient (Wildman–Crippen LogP) is 4.37. The molecule has 216 valence electrons. The second-order valence-electron chi connectivity index (χ2n) is 11.1. The zero-order valence-corrected chi connectivity index (χ0v) is 24.5. The molecule has 6 rings (SSSR count). The average Bonchev–Trinajstić information content (AvgIpc) is 3.04. The van der Waals surface area contributed by atoms with Gasteiger partial charge in [0, 0.05) is 68.1 Å². The van der Waals surface area contributed by atoms with Crippen molar-refractivity contribution in [1.29, 1.82) is 0 Å². The van der Waals surface area contributed by atoms with Gasteiger partial charge in [-0.2, -0.15) is 0 Å². The number of amides is 2. The number of piperazine rings is 1. The van der Waals surface area contributed by atoms with Crippen LogP contribution in [0.4, 0.5) is 0 Å². The van der Waals surface area contributed by atoms with Crippen molar-refractivity contribution >= 4 is 32.6 Å². The topological polar surface area (TPSA) is 90.9 Å². The fraction of sp³-hybridized carbons (Fsp3) is 0.303. The number of para-hydroxylation sites is 1. The minimum Gasteiger partial charge on any atom is -0.339 e. The molecule has 42 heavy (non-hydrogen) atoms. The molecule has 0 unspecified atom stereocenters. The van der Waals surface area contributed by atoms with Crippen LogP contribution in [0.3, 0.4) is 0 Å². The predicted molar refractivity (Wildman–Crippen MR) is 163 cm³/mol. The summed E-state index contributed by atoms with van der Waals surface area (Å²) in [7, 11) is -3.31. The van der Waals surface area contributed by atoms with Crippen molar-refractivity contribution in [2.24, 2.45) is 0 Å². The van der Waals surface area contributed by atoms with E-state index in [-0.39, 0.29) is 16.7 Å². The number of hydrogen-bond acceptors (Lipinski definition) is 6. The zero-order valence-electron chi connectivity index (χ0n) is 23.6. The molecule has 8 nitrogen and oxygen atoms in total. The number of fused-ring (bicyclic) bond motifs is 1. The third-order valence-corrected chi connectivity index (χ3v) is 9.54. The lowest BCUT2D eigenvalue weighted by molar-refractivity contribution is 0.0413. The zero-order chi connectivity index (χ0) is 29.3. The third kappa shape index (κ3) is 5.80. The Bertz CT molecular complexity index is 1710. The third-order valence-electron chi connectivity index (χ3n) is 8.42. The quantitative estimate of drug-likeness (QED) is 0.347. The Labute approximate surface area is 246 Å². The van der Waals surface area contributed by atoms with E-state index in [1.54, 1.807) is 24.3 Å². The molecule has 2 saturated heterocycles. The van der Waals surface area contributed by atoms with E-state index in [0.29, 0.717) is 30.4 Å². The Morgan fingerprint density at radius 2 is 1.36 bits per heavy atom. The van der Waals surface area contributed by atoms with Crippen LogP contribution in [0.5, 0.6) is 0 Å². The van der Waals surface area contributed by atoms with Crippen molar-refractivity contribution in [2.45, 2.75) is 23.8 Å². The van der Waals surface area contributed by atoms with Crippen molar-refractivity contribution in [1.82, 2.24) is 19.7 Å². The van der Waals surface area contributed by atoms with Crippen LogP contribution >= 0.6 is 0 Å². The summed E-state index contributed by atoms with van der Waals surface area (Å²) in [4.78, 5) is 38.1. The van der Waals surface area contributed by atoms with Crippen molar-refractivity contribution in [3.63, 3.8) is 0 Å². The number of hydrogen-bond donors (Lipinski definition) is 0. The van der Waals surface area contributed by atoms with Crippen molar-refractivity contribution in [3.8, 4) is 11.3 Å². The summed E-state index contributed by atoms with van der Waals surface area (Å²) in [5.41, 5.74) is 3.45. The van der Waals surface area contributed by atoms with Gasteiger partial charge in [-0.25, -0.2) is 13.4 Å². The number of pyridine rings is 1. The molecule has 1 aromatic heterocycles. The first-order valence-electron chi connectivity index (χ1n) is 14.4. The molecular weight excluding hydrogens is 548 g/mol. The van der Waals surface area contributed by atoms with Gasteiger partial charge in [0.05, 0.1) is 21.7 Å². The van der Waals surface area contributed by atoms with E-state index < -0.39 is 9.84 Å². The average molecular weight is 583 g/mol. The van der Waals surface area contributed by atoms with Crippen molar-refractivity contribution in [2.75, 3.05) is 45.5 Å². The smallest absolute Gasteiger partial charge is 0.254 e. The lowest BCUT2D eigenvalue weighted by atomic mass is 10.0. The van der Waals surface area contributed by atoms with Crippen LogP contribution in [0.1, 0.15) is 33.6 Å². The summed E-state index contributed by atoms with van der Waals surface area (Å²) in [6.45, 7) is 4.36. The second kappa shape index (κ2) is 11.7. The fourth-order valence-electron chi connectivity index (χ4n) is 6.03. The van der Waals surface area contributed by atoms with E-state index in [1.807, 2.05) is 70.5 Å². The van der Waals surface area contributed by atoms with Crippen LogP contribution in [0, 0.1) is 0 Å². The number of likely N-dealkylation sites (tertiary alicyclic amines) is 1. The van der Waals surface area contributed by atoms with Gasteiger partial charge in [-0.05, 0) is 49.2 Å². The molecular formula is C33H34N4O4S. The number of nitrogens with zero attached hydrogens (tertiary/aromatic N) is 4. The molecule has 2 fully saturated rings. The van der Waals surface area contributed by atoms with E-state index in [1.165, 1.54) is 6.26 Å². The first-order chi connectivity index (χ1) is 20.3. The summed E-state index contributed by atoms with van der Waals surface area (Å²) >= 11 is 0. The molecule has 3 aromatic carbocycles. The van der Waals surface area contributed by atoms with Gasteiger partial charge in [0.1, 0.15) is 0 Å². The Morgan fingerprint density at radius 1 is 0.738 bits per heavy atom. The highest BCUT2D eigenvalue weighted by molar-refractivity contribution is 7.90. The summed E-state index contributed by atoms with van der Waals surface area (Å²) < 4.78 is 23.8. The van der Waals surface area contributed by atoms with Crippen LogP contribution < -0.4 is 0 Å². The highest BCUT2D eigenvalue weighted by Crippen LogP contribution is 2.28. The largest absolute Gasteiger partial charge is 0.339 e. The fourth-order valence-corrected chi connectivity index (χ4v) is 6.66. The normalized spacial score (nSPS) is 17.0. The van der Waals surface area contributed by atoms with Gasteiger partial charge in [0.15, 0.2) is 9.84 Å². The van der Waals surface area contributed by atoms with Crippen molar-refractivity contribution in [3.05, 3.63) is 96.1 Å². The molecule has 0 radical (unpaired) electrons. The number of piperidine rings is 1. The Morgan fingerprint density at radius 3 is 2.02 bits per heavy atom. The standard InChI is InChI=1S/C33H34N4O4S/c1-42(40,41)27-13-11-24(12-14-27)31-23-29(28-9-5-6-10-30(28)34-31)33(39)37-21-19-35(20-22-37)26-15-17-36(18-16-26)32(38)25-7-3-2-4-8-25/h2-14,23,26H,15-22H2,1H3. The van der Waals surface area contributed by atoms with Gasteiger partial charge >= 0.3 is 0 Å². The minimum atomic E-state index is -3.31. The van der Waals surface area contributed by atoms with E-state index in [2.05, 4.69) is 4.90 Å². The van der Waals surface area contributed by atoms with Crippen molar-refractivity contribution < 1.29 is 18.0 Å². The number of sulfone groups is 1. The van der Waals surface area contributed by atoms with E-state index in [9.17, 15) is 18.0 Å². The van der Waals surface area contributed by atoms with Gasteiger partial charge in [0.25, 0.3) is 11.8 Å². The van der Waals surface area contributed by atoms with E-state index in [4.69, 9.17) is 4.98 Å². The summed E-state index contributed by atoms with van der Waals surface area (Å²) in [5, 5.41) is 0.803. The van der Waals surface area contributed by atoms with Crippen LogP contribution in [0.2, 0.25) is 0 Å². The number of rotatable bonds is 5. The van der Waals surface area contributed by atoms with Gasteiger partial charge in [-0.15, -0.1) is 0 Å². The van der Waals surface area contributed by atoms with Gasteiger partial charge in [-0.1, -0.05) is 48.5 Å². The SMILES string of the molecule is CS(=O)(=O)c1ccc(-c2cc(C(=O)N3CCN(C4CCN(C(=O)c5ccccc5)CC4)CC3)c3ccccc3n2)cc1. The molecule has 2 aliphatic rings. The summed E-state index contributed by atoms with van der Waals surface area (Å²) in [5.74, 6) is 0.0743. The monoisotopic (exact) mass is 582 g/mol. The molecule has 0 aliphatic carbocycles. The molecule has 0 saturated carbocycles. The minimum absolute atomic E-state index is 0.0227. The van der Waals surface area contributed by atoms with Crippen LogP contribution in [0.15, 0.2) is 89.8 Å². The summed E-state index contributed by atoms with van der Waals surface area (Å²) in [6.07, 6.45) is 3.05. The number of aromatic nitrogens is 1. The maximum absolute atomic E-state index is 13.9. The Kier molecular flexibility index (Phi) is 7.79. The second-order valence-corrected chi connectivity index (χ2v) is 13.1.